The molecule has 0 aliphatic carbocycles. The van der Waals surface area contributed by atoms with Crippen molar-refractivity contribution in [1.82, 2.24) is 4.98 Å². The Bertz CT molecular complexity index is 926. The van der Waals surface area contributed by atoms with Gasteiger partial charge in [-0.2, -0.15) is 0 Å². The first-order valence-corrected chi connectivity index (χ1v) is 7.47. The number of nitrogens with two attached hydrogens (primary N) is 1. The largest absolute Gasteiger partial charge is 0.497 e. The van der Waals surface area contributed by atoms with Crippen LogP contribution in [-0.4, -0.2) is 25.2 Å². The van der Waals surface area contributed by atoms with Crippen LogP contribution in [0.2, 0.25) is 0 Å². The third-order valence-electron chi connectivity index (χ3n) is 3.68. The minimum atomic E-state index is -0.477. The molecule has 0 aliphatic rings. The van der Waals surface area contributed by atoms with Gasteiger partial charge in [-0.15, -0.1) is 12.4 Å². The molecular weight excluding hydrogens is 347 g/mol. The summed E-state index contributed by atoms with van der Waals surface area (Å²) >= 11 is 0. The van der Waals surface area contributed by atoms with E-state index in [4.69, 9.17) is 15.2 Å². The number of hydrogen-bond donors (Lipinski definition) is 2. The van der Waals surface area contributed by atoms with Gasteiger partial charge in [-0.1, -0.05) is 0 Å². The molecule has 132 valence electrons. The number of ether oxygens (including phenoxy) is 2. The zero-order valence-electron chi connectivity index (χ0n) is 13.5. The highest BCUT2D eigenvalue weighted by atomic mass is 35.5. The summed E-state index contributed by atoms with van der Waals surface area (Å²) in [6.07, 6.45) is 0. The third kappa shape index (κ3) is 3.75. The molecule has 1 aromatic heterocycles. The lowest BCUT2D eigenvalue weighted by molar-refractivity contribution is 0.332. The first-order chi connectivity index (χ1) is 11.6. The standard InChI is InChI=1S/C18H17FN2O3.ClH/c1-23-13-5-2-11(3-6-13)16-17(24-9-8-20)14-7-4-12(19)10-15(14)18(22)21-16;/h2-7,10H,8-9,20H2,1H3,(H,21,22);1H. The van der Waals surface area contributed by atoms with Crippen molar-refractivity contribution in [2.75, 3.05) is 20.3 Å². The van der Waals surface area contributed by atoms with E-state index in [2.05, 4.69) is 4.98 Å². The van der Waals surface area contributed by atoms with Crippen LogP contribution in [0.25, 0.3) is 22.0 Å². The van der Waals surface area contributed by atoms with Gasteiger partial charge in [0.15, 0.2) is 5.75 Å². The molecule has 0 saturated carbocycles. The van der Waals surface area contributed by atoms with E-state index in [0.29, 0.717) is 29.1 Å². The Kier molecular flexibility index (Phi) is 6.01. The van der Waals surface area contributed by atoms with Gasteiger partial charge >= 0.3 is 0 Å². The summed E-state index contributed by atoms with van der Waals surface area (Å²) in [6, 6.07) is 11.2. The summed E-state index contributed by atoms with van der Waals surface area (Å²) in [5.74, 6) is 0.698. The SMILES string of the molecule is COc1ccc(-c2[nH]c(=O)c3cc(F)ccc3c2OCCN)cc1.Cl. The molecule has 25 heavy (non-hydrogen) atoms. The number of benzene rings is 2. The number of aromatic nitrogens is 1. The number of pyridine rings is 1. The van der Waals surface area contributed by atoms with Crippen LogP contribution >= 0.6 is 12.4 Å². The van der Waals surface area contributed by atoms with Gasteiger partial charge in [-0.05, 0) is 42.5 Å². The van der Waals surface area contributed by atoms with E-state index in [1.54, 1.807) is 25.3 Å². The number of methoxy groups -OCH3 is 1. The third-order valence-corrected chi connectivity index (χ3v) is 3.68. The van der Waals surface area contributed by atoms with Crippen molar-refractivity contribution in [2.24, 2.45) is 5.73 Å². The highest BCUT2D eigenvalue weighted by molar-refractivity contribution is 5.93. The fourth-order valence-corrected chi connectivity index (χ4v) is 2.55. The average Bonchev–Trinajstić information content (AvgIpc) is 2.61. The fraction of sp³-hybridized carbons (Fsp3) is 0.167. The number of rotatable bonds is 5. The van der Waals surface area contributed by atoms with Gasteiger partial charge in [0.25, 0.3) is 5.56 Å². The van der Waals surface area contributed by atoms with Crippen LogP contribution in [0.3, 0.4) is 0 Å². The number of fused-ring (bicyclic) bond motifs is 1. The summed E-state index contributed by atoms with van der Waals surface area (Å²) in [6.45, 7) is 0.603. The molecule has 0 bridgehead atoms. The molecule has 0 radical (unpaired) electrons. The Morgan fingerprint density at radius 1 is 1.12 bits per heavy atom. The van der Waals surface area contributed by atoms with Crippen LogP contribution < -0.4 is 20.8 Å². The number of nitrogens with one attached hydrogen (secondary N) is 1. The van der Waals surface area contributed by atoms with Crippen molar-refractivity contribution in [3.05, 3.63) is 58.6 Å². The van der Waals surface area contributed by atoms with Gasteiger partial charge in [-0.25, -0.2) is 4.39 Å². The van der Waals surface area contributed by atoms with Gasteiger partial charge in [0, 0.05) is 17.5 Å². The van der Waals surface area contributed by atoms with Gasteiger partial charge in [0.05, 0.1) is 18.2 Å². The highest BCUT2D eigenvalue weighted by Gasteiger charge is 2.15. The lowest BCUT2D eigenvalue weighted by Crippen LogP contribution is -2.15. The Balaban J connectivity index is 0.00000225. The molecule has 0 amide bonds. The molecule has 3 aromatic rings. The minimum absolute atomic E-state index is 0. The monoisotopic (exact) mass is 364 g/mol. The summed E-state index contributed by atoms with van der Waals surface area (Å²) < 4.78 is 24.4. The van der Waals surface area contributed by atoms with E-state index in [-0.39, 0.29) is 30.0 Å². The predicted octanol–water partition coefficient (Wildman–Crippen LogP) is 3.10. The van der Waals surface area contributed by atoms with Crippen molar-refractivity contribution >= 4 is 23.2 Å². The van der Waals surface area contributed by atoms with Crippen LogP contribution in [0.15, 0.2) is 47.3 Å². The highest BCUT2D eigenvalue weighted by Crippen LogP contribution is 2.34. The number of hydrogen-bond acceptors (Lipinski definition) is 4. The molecule has 0 saturated heterocycles. The number of H-pyrrole nitrogens is 1. The Labute approximate surface area is 150 Å². The lowest BCUT2D eigenvalue weighted by atomic mass is 10.1. The minimum Gasteiger partial charge on any atom is -0.497 e. The summed E-state index contributed by atoms with van der Waals surface area (Å²) in [7, 11) is 1.58. The topological polar surface area (TPSA) is 77.3 Å². The second kappa shape index (κ2) is 8.00. The van der Waals surface area contributed by atoms with Crippen molar-refractivity contribution < 1.29 is 13.9 Å². The molecule has 0 unspecified atom stereocenters. The van der Waals surface area contributed by atoms with Crippen LogP contribution in [-0.2, 0) is 0 Å². The second-order valence-electron chi connectivity index (χ2n) is 5.21. The van der Waals surface area contributed by atoms with Crippen LogP contribution in [0.1, 0.15) is 0 Å². The smallest absolute Gasteiger partial charge is 0.256 e. The Morgan fingerprint density at radius 3 is 2.48 bits per heavy atom. The van der Waals surface area contributed by atoms with E-state index < -0.39 is 5.82 Å². The van der Waals surface area contributed by atoms with E-state index in [9.17, 15) is 9.18 Å². The molecule has 2 aromatic carbocycles. The van der Waals surface area contributed by atoms with E-state index >= 15 is 0 Å². The predicted molar refractivity (Wildman–Crippen MR) is 98.3 cm³/mol. The lowest BCUT2D eigenvalue weighted by Gasteiger charge is -2.14. The summed E-state index contributed by atoms with van der Waals surface area (Å²) in [4.78, 5) is 15.1. The van der Waals surface area contributed by atoms with E-state index in [1.807, 2.05) is 12.1 Å². The van der Waals surface area contributed by atoms with E-state index in [0.717, 1.165) is 5.56 Å². The second-order valence-corrected chi connectivity index (χ2v) is 5.21. The Hall–Kier alpha value is -2.57. The maximum atomic E-state index is 13.5. The molecular formula is C18H18ClFN2O3. The maximum absolute atomic E-state index is 13.5. The van der Waals surface area contributed by atoms with Crippen molar-refractivity contribution in [1.29, 1.82) is 0 Å². The molecule has 3 rings (SSSR count). The molecule has 7 heteroatoms. The molecule has 0 aliphatic heterocycles. The quantitative estimate of drug-likeness (QED) is 0.729. The molecule has 5 nitrogen and oxygen atoms in total. The van der Waals surface area contributed by atoms with E-state index in [1.165, 1.54) is 12.1 Å². The van der Waals surface area contributed by atoms with Gasteiger partial charge in [0.2, 0.25) is 0 Å². The van der Waals surface area contributed by atoms with Crippen LogP contribution in [0.4, 0.5) is 4.39 Å². The first kappa shape index (κ1) is 18.8. The normalized spacial score (nSPS) is 10.4. The van der Waals surface area contributed by atoms with Crippen molar-refractivity contribution in [3.8, 4) is 22.8 Å². The number of aromatic amines is 1. The summed E-state index contributed by atoms with van der Waals surface area (Å²) in [5, 5.41) is 0.777. The van der Waals surface area contributed by atoms with Gasteiger partial charge < -0.3 is 20.2 Å². The van der Waals surface area contributed by atoms with Gasteiger partial charge in [-0.3, -0.25) is 4.79 Å². The van der Waals surface area contributed by atoms with Gasteiger partial charge in [0.1, 0.15) is 18.2 Å². The molecule has 1 heterocycles. The molecule has 0 fully saturated rings. The average molecular weight is 365 g/mol. The Morgan fingerprint density at radius 2 is 1.84 bits per heavy atom. The molecule has 0 spiro atoms. The first-order valence-electron chi connectivity index (χ1n) is 7.47. The number of halogens is 2. The zero-order chi connectivity index (χ0) is 17.1. The molecule has 3 N–H and O–H groups in total. The van der Waals surface area contributed by atoms with Crippen LogP contribution in [0, 0.1) is 5.82 Å². The maximum Gasteiger partial charge on any atom is 0.256 e. The van der Waals surface area contributed by atoms with Crippen molar-refractivity contribution in [2.45, 2.75) is 0 Å². The fourth-order valence-electron chi connectivity index (χ4n) is 2.55. The summed E-state index contributed by atoms with van der Waals surface area (Å²) in [5.41, 5.74) is 6.43. The molecule has 0 atom stereocenters. The zero-order valence-corrected chi connectivity index (χ0v) is 14.4. The van der Waals surface area contributed by atoms with Crippen LogP contribution in [0.5, 0.6) is 11.5 Å². The van der Waals surface area contributed by atoms with Crippen molar-refractivity contribution in [3.63, 3.8) is 0 Å².